The van der Waals surface area contributed by atoms with Gasteiger partial charge in [0.05, 0.1) is 6.33 Å². The highest BCUT2D eigenvalue weighted by Crippen LogP contribution is 2.34. The van der Waals surface area contributed by atoms with Crippen molar-refractivity contribution < 1.29 is 0 Å². The first kappa shape index (κ1) is 13.5. The Bertz CT molecular complexity index is 906. The molecule has 0 N–H and O–H groups in total. The predicted molar refractivity (Wildman–Crippen MR) is 94.4 cm³/mol. The summed E-state index contributed by atoms with van der Waals surface area (Å²) in [6.07, 6.45) is 6.87. The predicted octanol–water partition coefficient (Wildman–Crippen LogP) is 5.13. The second-order valence-corrected chi connectivity index (χ2v) is 7.08. The summed E-state index contributed by atoms with van der Waals surface area (Å²) in [6, 6.07) is 15.6. The van der Waals surface area contributed by atoms with Gasteiger partial charge in [-0.25, -0.2) is 4.98 Å². The van der Waals surface area contributed by atoms with Gasteiger partial charge in [0.1, 0.15) is 0 Å². The van der Waals surface area contributed by atoms with Gasteiger partial charge in [-0.2, -0.15) is 0 Å². The molecule has 0 aliphatic heterocycles. The van der Waals surface area contributed by atoms with Crippen LogP contribution >= 0.6 is 11.3 Å². The fourth-order valence-electron chi connectivity index (χ4n) is 3.12. The summed E-state index contributed by atoms with van der Waals surface area (Å²) < 4.78 is 4.91. The van der Waals surface area contributed by atoms with E-state index in [1.807, 2.05) is 30.1 Å². The van der Waals surface area contributed by atoms with E-state index in [0.717, 1.165) is 13.0 Å². The number of nitrogens with zero attached hydrogens (tertiary/aromatic N) is 2. The summed E-state index contributed by atoms with van der Waals surface area (Å²) in [6.45, 7) is 3.32. The average Bonchev–Trinajstić information content (AvgIpc) is 3.14. The number of hydrogen-bond acceptors (Lipinski definition) is 2. The molecule has 0 saturated heterocycles. The Morgan fingerprint density at radius 2 is 1.95 bits per heavy atom. The summed E-state index contributed by atoms with van der Waals surface area (Å²) >= 11 is 1.88. The molecule has 2 aromatic carbocycles. The van der Waals surface area contributed by atoms with Gasteiger partial charge in [-0.15, -0.1) is 11.3 Å². The molecule has 2 aromatic heterocycles. The lowest BCUT2D eigenvalue weighted by atomic mass is 9.99. The van der Waals surface area contributed by atoms with E-state index in [4.69, 9.17) is 0 Å². The van der Waals surface area contributed by atoms with Crippen molar-refractivity contribution in [1.29, 1.82) is 0 Å². The molecule has 4 aromatic rings. The Labute approximate surface area is 134 Å². The molecule has 0 amide bonds. The van der Waals surface area contributed by atoms with E-state index < -0.39 is 0 Å². The maximum atomic E-state index is 4.11. The molecule has 0 aliphatic carbocycles. The Hall–Kier alpha value is -2.13. The van der Waals surface area contributed by atoms with Gasteiger partial charge in [-0.1, -0.05) is 31.2 Å². The number of hydrogen-bond donors (Lipinski definition) is 0. The van der Waals surface area contributed by atoms with Crippen LogP contribution in [0.3, 0.4) is 0 Å². The molecule has 0 fully saturated rings. The molecule has 3 heteroatoms. The van der Waals surface area contributed by atoms with Crippen LogP contribution in [0.1, 0.15) is 12.5 Å². The van der Waals surface area contributed by atoms with E-state index in [1.54, 1.807) is 0 Å². The van der Waals surface area contributed by atoms with Crippen molar-refractivity contribution in [2.75, 3.05) is 0 Å². The molecule has 1 atom stereocenters. The summed E-state index contributed by atoms with van der Waals surface area (Å²) in [7, 11) is 0. The van der Waals surface area contributed by atoms with Gasteiger partial charge in [0, 0.05) is 39.1 Å². The molecule has 0 bridgehead atoms. The van der Waals surface area contributed by atoms with E-state index in [-0.39, 0.29) is 0 Å². The van der Waals surface area contributed by atoms with E-state index in [2.05, 4.69) is 58.9 Å². The molecule has 0 radical (unpaired) electrons. The minimum absolute atomic E-state index is 0.594. The van der Waals surface area contributed by atoms with Crippen molar-refractivity contribution in [3.63, 3.8) is 0 Å². The molecule has 1 unspecified atom stereocenters. The zero-order chi connectivity index (χ0) is 14.9. The molecular weight excluding hydrogens is 288 g/mol. The molecular formula is C19H18N2S. The second-order valence-electron chi connectivity index (χ2n) is 6.00. The van der Waals surface area contributed by atoms with Gasteiger partial charge >= 0.3 is 0 Å². The van der Waals surface area contributed by atoms with Crippen molar-refractivity contribution in [3.8, 4) is 0 Å². The summed E-state index contributed by atoms with van der Waals surface area (Å²) in [5.74, 6) is 0.594. The number of benzene rings is 2. The zero-order valence-corrected chi connectivity index (χ0v) is 13.4. The van der Waals surface area contributed by atoms with Crippen LogP contribution in [0.25, 0.3) is 20.2 Å². The average molecular weight is 306 g/mol. The van der Waals surface area contributed by atoms with Crippen LogP contribution in [0, 0.1) is 5.92 Å². The standard InChI is InChI=1S/C19H18N2S/c1-14(12-21-9-8-20-13-21)10-15-6-7-19-17(11-15)16-4-2-3-5-18(16)22-19/h2-9,11,13-14H,10,12H2,1H3. The van der Waals surface area contributed by atoms with Gasteiger partial charge in [0.2, 0.25) is 0 Å². The van der Waals surface area contributed by atoms with E-state index in [1.165, 1.54) is 25.7 Å². The van der Waals surface area contributed by atoms with Crippen LogP contribution in [0.2, 0.25) is 0 Å². The number of fused-ring (bicyclic) bond motifs is 3. The first-order valence-corrected chi connectivity index (χ1v) is 8.47. The lowest BCUT2D eigenvalue weighted by Gasteiger charge is -2.12. The van der Waals surface area contributed by atoms with Crippen molar-refractivity contribution >= 4 is 31.5 Å². The second kappa shape index (κ2) is 5.58. The minimum Gasteiger partial charge on any atom is -0.337 e. The van der Waals surface area contributed by atoms with Gasteiger partial charge in [0.15, 0.2) is 0 Å². The highest BCUT2D eigenvalue weighted by molar-refractivity contribution is 7.25. The van der Waals surface area contributed by atoms with Crippen LogP contribution in [0.5, 0.6) is 0 Å². The van der Waals surface area contributed by atoms with Crippen molar-refractivity contribution in [1.82, 2.24) is 9.55 Å². The third-order valence-corrected chi connectivity index (χ3v) is 5.26. The number of imidazole rings is 1. The molecule has 2 nitrogen and oxygen atoms in total. The molecule has 2 heterocycles. The highest BCUT2D eigenvalue weighted by atomic mass is 32.1. The summed E-state index contributed by atoms with van der Waals surface area (Å²) in [4.78, 5) is 4.11. The summed E-state index contributed by atoms with van der Waals surface area (Å²) in [5, 5.41) is 2.78. The first-order chi connectivity index (χ1) is 10.8. The number of thiophene rings is 1. The normalized spacial score (nSPS) is 13.0. The Balaban J connectivity index is 1.63. The van der Waals surface area contributed by atoms with E-state index in [9.17, 15) is 0 Å². The minimum atomic E-state index is 0.594. The smallest absolute Gasteiger partial charge is 0.0945 e. The Kier molecular flexibility index (Phi) is 3.43. The Morgan fingerprint density at radius 1 is 1.09 bits per heavy atom. The number of rotatable bonds is 4. The third-order valence-electron chi connectivity index (χ3n) is 4.11. The largest absolute Gasteiger partial charge is 0.337 e. The molecule has 4 rings (SSSR count). The summed E-state index contributed by atoms with van der Waals surface area (Å²) in [5.41, 5.74) is 1.42. The molecule has 110 valence electrons. The van der Waals surface area contributed by atoms with Gasteiger partial charge in [0.25, 0.3) is 0 Å². The lowest BCUT2D eigenvalue weighted by molar-refractivity contribution is 0.479. The SMILES string of the molecule is CC(Cc1ccc2sc3ccccc3c2c1)Cn1ccnc1. The molecule has 0 spiro atoms. The first-order valence-electron chi connectivity index (χ1n) is 7.65. The van der Waals surface area contributed by atoms with Crippen LogP contribution in [-0.4, -0.2) is 9.55 Å². The molecule has 0 saturated carbocycles. The van der Waals surface area contributed by atoms with Gasteiger partial charge < -0.3 is 4.57 Å². The van der Waals surface area contributed by atoms with Gasteiger partial charge in [-0.05, 0) is 36.1 Å². The Morgan fingerprint density at radius 3 is 2.82 bits per heavy atom. The molecule has 0 aliphatic rings. The van der Waals surface area contributed by atoms with Crippen molar-refractivity contribution in [3.05, 3.63) is 66.7 Å². The third kappa shape index (κ3) is 2.53. The van der Waals surface area contributed by atoms with E-state index >= 15 is 0 Å². The topological polar surface area (TPSA) is 17.8 Å². The maximum Gasteiger partial charge on any atom is 0.0945 e. The fraction of sp³-hybridized carbons (Fsp3) is 0.211. The highest BCUT2D eigenvalue weighted by Gasteiger charge is 2.08. The van der Waals surface area contributed by atoms with Crippen molar-refractivity contribution in [2.24, 2.45) is 5.92 Å². The van der Waals surface area contributed by atoms with Crippen LogP contribution in [0.4, 0.5) is 0 Å². The van der Waals surface area contributed by atoms with E-state index in [0.29, 0.717) is 5.92 Å². The maximum absolute atomic E-state index is 4.11. The fourth-order valence-corrected chi connectivity index (χ4v) is 4.21. The zero-order valence-electron chi connectivity index (χ0n) is 12.6. The van der Waals surface area contributed by atoms with Crippen molar-refractivity contribution in [2.45, 2.75) is 19.9 Å². The number of aromatic nitrogens is 2. The van der Waals surface area contributed by atoms with Gasteiger partial charge in [-0.3, -0.25) is 0 Å². The van der Waals surface area contributed by atoms with Crippen LogP contribution in [-0.2, 0) is 13.0 Å². The monoisotopic (exact) mass is 306 g/mol. The quantitative estimate of drug-likeness (QED) is 0.511. The lowest BCUT2D eigenvalue weighted by Crippen LogP contribution is -2.08. The van der Waals surface area contributed by atoms with Crippen LogP contribution in [0.15, 0.2) is 61.2 Å². The van der Waals surface area contributed by atoms with Crippen LogP contribution < -0.4 is 0 Å². The molecule has 22 heavy (non-hydrogen) atoms.